The lowest BCUT2D eigenvalue weighted by molar-refractivity contribution is -0.129. The average molecular weight is 275 g/mol. The van der Waals surface area contributed by atoms with E-state index < -0.39 is 0 Å². The highest BCUT2D eigenvalue weighted by Crippen LogP contribution is 2.14. The van der Waals surface area contributed by atoms with E-state index in [-0.39, 0.29) is 17.9 Å². The molecule has 1 aromatic carbocycles. The van der Waals surface area contributed by atoms with Gasteiger partial charge in [-0.15, -0.1) is 0 Å². The average Bonchev–Trinajstić information content (AvgIpc) is 2.87. The molecule has 5 heteroatoms. The highest BCUT2D eigenvalue weighted by molar-refractivity contribution is 5.80. The van der Waals surface area contributed by atoms with Gasteiger partial charge in [-0.25, -0.2) is 0 Å². The Hall–Kier alpha value is -1.88. The molecule has 1 aliphatic heterocycles. The standard InChI is InChI=1S/C15H21N3O2/c1-11(19)17-14-6-7-18(10-14)15(20)8-12-4-2-3-5-13(12)9-16/h2-5,14H,6-10,16H2,1H3,(H,17,19). The molecule has 2 rings (SSSR count). The minimum Gasteiger partial charge on any atom is -0.352 e. The maximum atomic E-state index is 12.3. The zero-order chi connectivity index (χ0) is 14.5. The van der Waals surface area contributed by atoms with Gasteiger partial charge in [0.15, 0.2) is 0 Å². The molecule has 0 aliphatic carbocycles. The number of hydrogen-bond donors (Lipinski definition) is 2. The molecular weight excluding hydrogens is 254 g/mol. The molecule has 1 heterocycles. The lowest BCUT2D eigenvalue weighted by Gasteiger charge is -2.17. The summed E-state index contributed by atoms with van der Waals surface area (Å²) in [7, 11) is 0. The topological polar surface area (TPSA) is 75.4 Å². The smallest absolute Gasteiger partial charge is 0.227 e. The first kappa shape index (κ1) is 14.5. The van der Waals surface area contributed by atoms with E-state index in [1.165, 1.54) is 6.92 Å². The fourth-order valence-electron chi connectivity index (χ4n) is 2.60. The molecule has 0 radical (unpaired) electrons. The molecule has 0 aromatic heterocycles. The molecule has 0 saturated carbocycles. The third-order valence-electron chi connectivity index (χ3n) is 3.63. The van der Waals surface area contributed by atoms with Crippen LogP contribution in [-0.2, 0) is 22.6 Å². The normalized spacial score (nSPS) is 18.1. The summed E-state index contributed by atoms with van der Waals surface area (Å²) >= 11 is 0. The Bertz CT molecular complexity index is 502. The van der Waals surface area contributed by atoms with E-state index in [2.05, 4.69) is 5.32 Å². The molecule has 1 unspecified atom stereocenters. The van der Waals surface area contributed by atoms with Gasteiger partial charge < -0.3 is 16.0 Å². The van der Waals surface area contributed by atoms with E-state index in [4.69, 9.17) is 5.73 Å². The van der Waals surface area contributed by atoms with E-state index in [0.717, 1.165) is 17.5 Å². The van der Waals surface area contributed by atoms with Crippen LogP contribution >= 0.6 is 0 Å². The Kier molecular flexibility index (Phi) is 4.74. The van der Waals surface area contributed by atoms with E-state index in [1.54, 1.807) is 0 Å². The minimum absolute atomic E-state index is 0.0437. The van der Waals surface area contributed by atoms with Crippen LogP contribution in [-0.4, -0.2) is 35.8 Å². The number of amides is 2. The number of benzene rings is 1. The van der Waals surface area contributed by atoms with Crippen molar-refractivity contribution in [1.82, 2.24) is 10.2 Å². The second-order valence-electron chi connectivity index (χ2n) is 5.18. The first-order chi connectivity index (χ1) is 9.60. The van der Waals surface area contributed by atoms with Crippen molar-refractivity contribution < 1.29 is 9.59 Å². The Balaban J connectivity index is 1.94. The van der Waals surface area contributed by atoms with Gasteiger partial charge in [-0.05, 0) is 17.5 Å². The van der Waals surface area contributed by atoms with Gasteiger partial charge in [0.25, 0.3) is 0 Å². The number of nitrogens with one attached hydrogen (secondary N) is 1. The summed E-state index contributed by atoms with van der Waals surface area (Å²) in [5, 5.41) is 2.86. The van der Waals surface area contributed by atoms with Crippen LogP contribution in [0.2, 0.25) is 0 Å². The molecule has 3 N–H and O–H groups in total. The second-order valence-corrected chi connectivity index (χ2v) is 5.18. The highest BCUT2D eigenvalue weighted by atomic mass is 16.2. The van der Waals surface area contributed by atoms with Crippen molar-refractivity contribution in [2.45, 2.75) is 32.4 Å². The summed E-state index contributed by atoms with van der Waals surface area (Å²) < 4.78 is 0. The molecule has 20 heavy (non-hydrogen) atoms. The third kappa shape index (κ3) is 3.57. The van der Waals surface area contributed by atoms with Gasteiger partial charge in [-0.3, -0.25) is 9.59 Å². The van der Waals surface area contributed by atoms with Gasteiger partial charge in [0.2, 0.25) is 11.8 Å². The van der Waals surface area contributed by atoms with Crippen molar-refractivity contribution in [1.29, 1.82) is 0 Å². The molecule has 0 bridgehead atoms. The summed E-state index contributed by atoms with van der Waals surface area (Å²) in [4.78, 5) is 25.1. The maximum Gasteiger partial charge on any atom is 0.227 e. The van der Waals surface area contributed by atoms with Crippen LogP contribution in [0.4, 0.5) is 0 Å². The van der Waals surface area contributed by atoms with Crippen molar-refractivity contribution >= 4 is 11.8 Å². The molecule has 1 atom stereocenters. The number of carbonyl (C=O) groups excluding carboxylic acids is 2. The van der Waals surface area contributed by atoms with Crippen LogP contribution in [0, 0.1) is 0 Å². The Labute approximate surface area is 119 Å². The Morgan fingerprint density at radius 3 is 2.70 bits per heavy atom. The van der Waals surface area contributed by atoms with Gasteiger partial charge in [0.05, 0.1) is 6.42 Å². The van der Waals surface area contributed by atoms with Gasteiger partial charge in [0, 0.05) is 32.6 Å². The van der Waals surface area contributed by atoms with Gasteiger partial charge in [-0.2, -0.15) is 0 Å². The summed E-state index contributed by atoms with van der Waals surface area (Å²) in [6.07, 6.45) is 1.20. The molecule has 1 aromatic rings. The number of nitrogens with two attached hydrogens (primary N) is 1. The molecule has 0 spiro atoms. The summed E-state index contributed by atoms with van der Waals surface area (Å²) in [6.45, 7) is 3.25. The van der Waals surface area contributed by atoms with Crippen molar-refractivity contribution in [3.63, 3.8) is 0 Å². The van der Waals surface area contributed by atoms with E-state index in [9.17, 15) is 9.59 Å². The van der Waals surface area contributed by atoms with Gasteiger partial charge >= 0.3 is 0 Å². The van der Waals surface area contributed by atoms with Gasteiger partial charge in [-0.1, -0.05) is 24.3 Å². The third-order valence-corrected chi connectivity index (χ3v) is 3.63. The second kappa shape index (κ2) is 6.52. The molecule has 2 amide bonds. The van der Waals surface area contributed by atoms with Crippen LogP contribution in [0.1, 0.15) is 24.5 Å². The van der Waals surface area contributed by atoms with Crippen LogP contribution in [0.5, 0.6) is 0 Å². The Morgan fingerprint density at radius 1 is 1.35 bits per heavy atom. The molecular formula is C15H21N3O2. The highest BCUT2D eigenvalue weighted by Gasteiger charge is 2.26. The SMILES string of the molecule is CC(=O)NC1CCN(C(=O)Cc2ccccc2CN)C1. The van der Waals surface area contributed by atoms with Crippen LogP contribution in [0.3, 0.4) is 0 Å². The number of likely N-dealkylation sites (tertiary alicyclic amines) is 1. The first-order valence-corrected chi connectivity index (χ1v) is 6.92. The summed E-state index contributed by atoms with van der Waals surface area (Å²) in [5.74, 6) is 0.0523. The first-order valence-electron chi connectivity index (χ1n) is 6.92. The molecule has 1 aliphatic rings. The number of nitrogens with zero attached hydrogens (tertiary/aromatic N) is 1. The van der Waals surface area contributed by atoms with Crippen molar-refractivity contribution in [3.05, 3.63) is 35.4 Å². The van der Waals surface area contributed by atoms with Crippen molar-refractivity contribution in [2.24, 2.45) is 5.73 Å². The summed E-state index contributed by atoms with van der Waals surface area (Å²) in [6, 6.07) is 7.83. The predicted molar refractivity (Wildman–Crippen MR) is 76.8 cm³/mol. The van der Waals surface area contributed by atoms with E-state index >= 15 is 0 Å². The largest absolute Gasteiger partial charge is 0.352 e. The van der Waals surface area contributed by atoms with E-state index in [0.29, 0.717) is 26.1 Å². The zero-order valence-electron chi connectivity index (χ0n) is 11.8. The number of hydrogen-bond acceptors (Lipinski definition) is 3. The monoisotopic (exact) mass is 275 g/mol. The molecule has 1 fully saturated rings. The molecule has 5 nitrogen and oxygen atoms in total. The van der Waals surface area contributed by atoms with Crippen molar-refractivity contribution in [3.8, 4) is 0 Å². The van der Waals surface area contributed by atoms with Crippen molar-refractivity contribution in [2.75, 3.05) is 13.1 Å². The summed E-state index contributed by atoms with van der Waals surface area (Å²) in [5.41, 5.74) is 7.69. The van der Waals surface area contributed by atoms with E-state index in [1.807, 2.05) is 29.2 Å². The van der Waals surface area contributed by atoms with Crippen LogP contribution < -0.4 is 11.1 Å². The maximum absolute atomic E-state index is 12.3. The fraction of sp³-hybridized carbons (Fsp3) is 0.467. The minimum atomic E-state index is -0.0437. The zero-order valence-corrected chi connectivity index (χ0v) is 11.8. The quantitative estimate of drug-likeness (QED) is 0.836. The van der Waals surface area contributed by atoms with Crippen LogP contribution in [0.25, 0.3) is 0 Å². The predicted octanol–water partition coefficient (Wildman–Crippen LogP) is 0.425. The fourth-order valence-corrected chi connectivity index (χ4v) is 2.60. The Morgan fingerprint density at radius 2 is 2.05 bits per heavy atom. The lowest BCUT2D eigenvalue weighted by Crippen LogP contribution is -2.37. The molecule has 108 valence electrons. The van der Waals surface area contributed by atoms with Gasteiger partial charge in [0.1, 0.15) is 0 Å². The van der Waals surface area contributed by atoms with Crippen LogP contribution in [0.15, 0.2) is 24.3 Å². The number of carbonyl (C=O) groups is 2. The molecule has 1 saturated heterocycles. The number of rotatable bonds is 4. The lowest BCUT2D eigenvalue weighted by atomic mass is 10.0.